The van der Waals surface area contributed by atoms with Gasteiger partial charge in [0.25, 0.3) is 6.33 Å². The molecule has 0 spiro atoms. The minimum absolute atomic E-state index is 0. The first-order valence-electron chi connectivity index (χ1n) is 2.99. The highest BCUT2D eigenvalue weighted by Crippen LogP contribution is 1.89. The Balaban J connectivity index is 0.000000810. The third-order valence-corrected chi connectivity index (χ3v) is 1.41. The molecule has 3 heteroatoms. The van der Waals surface area contributed by atoms with E-state index >= 15 is 0 Å². The van der Waals surface area contributed by atoms with Gasteiger partial charge in [0.15, 0.2) is 5.69 Å². The van der Waals surface area contributed by atoms with E-state index in [4.69, 9.17) is 0 Å². The highest BCUT2D eigenvalue weighted by Gasteiger charge is 1.97. The first-order valence-corrected chi connectivity index (χ1v) is 2.99. The lowest BCUT2D eigenvalue weighted by Crippen LogP contribution is -3.00. The van der Waals surface area contributed by atoms with Crippen molar-refractivity contribution in [1.29, 1.82) is 0 Å². The lowest BCUT2D eigenvalue weighted by molar-refractivity contribution is -0.680. The van der Waals surface area contributed by atoms with E-state index < -0.39 is 0 Å². The molecular formula is C7H11IN2. The predicted molar refractivity (Wildman–Crippen MR) is 34.9 cm³/mol. The number of rotatable bonds is 0. The molecule has 0 aliphatic rings. The summed E-state index contributed by atoms with van der Waals surface area (Å²) >= 11 is 0. The van der Waals surface area contributed by atoms with Gasteiger partial charge < -0.3 is 24.0 Å². The van der Waals surface area contributed by atoms with Crippen LogP contribution in [0.4, 0.5) is 0 Å². The average Bonchev–Trinajstić information content (AvgIpc) is 1.80. The van der Waals surface area contributed by atoms with Gasteiger partial charge in [-0.3, -0.25) is 0 Å². The van der Waals surface area contributed by atoms with Crippen molar-refractivity contribution >= 4 is 0 Å². The van der Waals surface area contributed by atoms with Crippen LogP contribution in [0.2, 0.25) is 0 Å². The van der Waals surface area contributed by atoms with Crippen LogP contribution in [0, 0.1) is 13.8 Å². The van der Waals surface area contributed by atoms with Crippen LogP contribution in [-0.2, 0) is 7.05 Å². The van der Waals surface area contributed by atoms with Crippen LogP contribution in [0.5, 0.6) is 0 Å². The normalized spacial score (nSPS) is 8.70. The van der Waals surface area contributed by atoms with Gasteiger partial charge in [0.1, 0.15) is 5.69 Å². The zero-order valence-electron chi connectivity index (χ0n) is 6.43. The molecule has 0 N–H and O–H groups in total. The van der Waals surface area contributed by atoms with E-state index in [0.717, 1.165) is 5.69 Å². The summed E-state index contributed by atoms with van der Waals surface area (Å²) in [5, 5.41) is 0. The fourth-order valence-electron chi connectivity index (χ4n) is 0.710. The van der Waals surface area contributed by atoms with Crippen LogP contribution in [0.3, 0.4) is 0 Å². The number of aromatic nitrogens is 2. The molecule has 1 heterocycles. The van der Waals surface area contributed by atoms with Gasteiger partial charge >= 0.3 is 0 Å². The van der Waals surface area contributed by atoms with Crippen molar-refractivity contribution in [1.82, 2.24) is 4.98 Å². The summed E-state index contributed by atoms with van der Waals surface area (Å²) in [6.45, 7) is 4.06. The Kier molecular flexibility index (Phi) is 3.78. The minimum Gasteiger partial charge on any atom is -1.00 e. The molecule has 56 valence electrons. The van der Waals surface area contributed by atoms with E-state index in [1.165, 1.54) is 5.69 Å². The van der Waals surface area contributed by atoms with Crippen molar-refractivity contribution in [2.75, 3.05) is 0 Å². The fraction of sp³-hybridized carbons (Fsp3) is 0.429. The summed E-state index contributed by atoms with van der Waals surface area (Å²) in [6.07, 6.45) is 1.82. The zero-order valence-corrected chi connectivity index (χ0v) is 8.58. The Morgan fingerprint density at radius 3 is 2.40 bits per heavy atom. The number of hydrogen-bond donors (Lipinski definition) is 0. The van der Waals surface area contributed by atoms with Gasteiger partial charge in [0, 0.05) is 13.0 Å². The Bertz CT molecular complexity index is 223. The largest absolute Gasteiger partial charge is 1.00 e. The molecule has 0 bridgehead atoms. The molecule has 0 fully saturated rings. The van der Waals surface area contributed by atoms with Gasteiger partial charge in [0.05, 0.1) is 7.05 Å². The number of aryl methyl sites for hydroxylation is 3. The van der Waals surface area contributed by atoms with E-state index in [-0.39, 0.29) is 24.0 Å². The molecule has 0 saturated carbocycles. The number of hydrogen-bond acceptors (Lipinski definition) is 1. The SMILES string of the molecule is Cc1cc(C)[n+](C)cn1.[I-]. The van der Waals surface area contributed by atoms with Crippen molar-refractivity contribution in [3.05, 3.63) is 23.8 Å². The molecule has 0 aliphatic carbocycles. The summed E-state index contributed by atoms with van der Waals surface area (Å²) in [4.78, 5) is 4.10. The third kappa shape index (κ3) is 2.21. The highest BCUT2D eigenvalue weighted by atomic mass is 127. The molecule has 0 atom stereocenters. The molecule has 0 aromatic carbocycles. The summed E-state index contributed by atoms with van der Waals surface area (Å²) < 4.78 is 1.99. The van der Waals surface area contributed by atoms with E-state index in [9.17, 15) is 0 Å². The first kappa shape index (κ1) is 9.81. The van der Waals surface area contributed by atoms with Gasteiger partial charge in [-0.15, -0.1) is 0 Å². The molecular weight excluding hydrogens is 239 g/mol. The molecule has 0 saturated heterocycles. The predicted octanol–water partition coefficient (Wildman–Crippen LogP) is -2.47. The molecule has 10 heavy (non-hydrogen) atoms. The molecule has 0 unspecified atom stereocenters. The monoisotopic (exact) mass is 250 g/mol. The standard InChI is InChI=1S/C7H11N2.HI/c1-6-4-7(2)9(3)5-8-6;/h4-5H,1-3H3;1H/q+1;/p-1. The van der Waals surface area contributed by atoms with Crippen molar-refractivity contribution in [3.8, 4) is 0 Å². The lowest BCUT2D eigenvalue weighted by Gasteiger charge is -1.91. The van der Waals surface area contributed by atoms with Gasteiger partial charge in [-0.1, -0.05) is 4.98 Å². The fourth-order valence-corrected chi connectivity index (χ4v) is 0.710. The number of halogens is 1. The van der Waals surface area contributed by atoms with E-state index in [0.29, 0.717) is 0 Å². The van der Waals surface area contributed by atoms with Gasteiger partial charge in [-0.25, -0.2) is 4.57 Å². The molecule has 1 aromatic rings. The zero-order chi connectivity index (χ0) is 6.85. The van der Waals surface area contributed by atoms with Crippen LogP contribution in [-0.4, -0.2) is 4.98 Å². The molecule has 1 aromatic heterocycles. The number of nitrogens with zero attached hydrogens (tertiary/aromatic N) is 2. The molecule has 1 rings (SSSR count). The molecule has 0 amide bonds. The summed E-state index contributed by atoms with van der Waals surface area (Å²) in [6, 6.07) is 2.06. The maximum Gasteiger partial charge on any atom is 0.286 e. The van der Waals surface area contributed by atoms with Crippen LogP contribution >= 0.6 is 0 Å². The van der Waals surface area contributed by atoms with Crippen LogP contribution < -0.4 is 28.5 Å². The summed E-state index contributed by atoms with van der Waals surface area (Å²) in [7, 11) is 1.99. The van der Waals surface area contributed by atoms with Gasteiger partial charge in [0.2, 0.25) is 0 Å². The Hall–Kier alpha value is -0.190. The van der Waals surface area contributed by atoms with E-state index in [2.05, 4.69) is 18.0 Å². The van der Waals surface area contributed by atoms with Crippen molar-refractivity contribution in [2.24, 2.45) is 7.05 Å². The average molecular weight is 250 g/mol. The minimum atomic E-state index is 0. The van der Waals surface area contributed by atoms with Crippen molar-refractivity contribution < 1.29 is 28.5 Å². The first-order chi connectivity index (χ1) is 4.20. The van der Waals surface area contributed by atoms with Crippen LogP contribution in [0.25, 0.3) is 0 Å². The summed E-state index contributed by atoms with van der Waals surface area (Å²) in [5.74, 6) is 0. The second-order valence-electron chi connectivity index (χ2n) is 2.28. The maximum atomic E-state index is 4.10. The van der Waals surface area contributed by atoms with E-state index in [1.54, 1.807) is 0 Å². The van der Waals surface area contributed by atoms with Crippen molar-refractivity contribution in [2.45, 2.75) is 13.8 Å². The van der Waals surface area contributed by atoms with E-state index in [1.807, 2.05) is 24.9 Å². The lowest BCUT2D eigenvalue weighted by atomic mass is 10.3. The Morgan fingerprint density at radius 1 is 1.40 bits per heavy atom. The van der Waals surface area contributed by atoms with Crippen LogP contribution in [0.15, 0.2) is 12.4 Å². The molecule has 0 radical (unpaired) electrons. The van der Waals surface area contributed by atoms with Gasteiger partial charge in [-0.05, 0) is 6.92 Å². The highest BCUT2D eigenvalue weighted by molar-refractivity contribution is 4.98. The van der Waals surface area contributed by atoms with Gasteiger partial charge in [-0.2, -0.15) is 0 Å². The quantitative estimate of drug-likeness (QED) is 0.368. The smallest absolute Gasteiger partial charge is 0.286 e. The third-order valence-electron chi connectivity index (χ3n) is 1.41. The van der Waals surface area contributed by atoms with Crippen LogP contribution in [0.1, 0.15) is 11.4 Å². The second-order valence-corrected chi connectivity index (χ2v) is 2.28. The topological polar surface area (TPSA) is 16.8 Å². The molecule has 2 nitrogen and oxygen atoms in total. The Labute approximate surface area is 78.3 Å². The summed E-state index contributed by atoms with van der Waals surface area (Å²) in [5.41, 5.74) is 2.31. The van der Waals surface area contributed by atoms with Crippen molar-refractivity contribution in [3.63, 3.8) is 0 Å². The second kappa shape index (κ2) is 3.85. The molecule has 0 aliphatic heterocycles. The Morgan fingerprint density at radius 2 is 2.00 bits per heavy atom. The maximum absolute atomic E-state index is 4.10.